The fourth-order valence-corrected chi connectivity index (χ4v) is 2.90. The molecule has 10 nitrogen and oxygen atoms in total. The van der Waals surface area contributed by atoms with Gasteiger partial charge in [-0.25, -0.2) is 0 Å². The lowest BCUT2D eigenvalue weighted by Gasteiger charge is -2.11. The molecule has 2 aromatic carbocycles. The molecule has 188 valence electrons. The van der Waals surface area contributed by atoms with E-state index in [2.05, 4.69) is 21.7 Å². The third-order valence-electron chi connectivity index (χ3n) is 4.90. The molecular formula is C25H32N4O6. The van der Waals surface area contributed by atoms with Crippen molar-refractivity contribution in [1.82, 2.24) is 21.7 Å². The molecule has 0 aliphatic carbocycles. The molecule has 10 heteroatoms. The van der Waals surface area contributed by atoms with E-state index < -0.39 is 23.6 Å². The van der Waals surface area contributed by atoms with Crippen molar-refractivity contribution < 1.29 is 28.7 Å². The van der Waals surface area contributed by atoms with E-state index in [1.807, 2.05) is 64.1 Å². The second-order valence-corrected chi connectivity index (χ2v) is 8.16. The summed E-state index contributed by atoms with van der Waals surface area (Å²) in [7, 11) is 0. The van der Waals surface area contributed by atoms with Crippen LogP contribution in [0.2, 0.25) is 0 Å². The summed E-state index contributed by atoms with van der Waals surface area (Å²) >= 11 is 0. The summed E-state index contributed by atoms with van der Waals surface area (Å²) in [5.74, 6) is -0.735. The van der Waals surface area contributed by atoms with Crippen LogP contribution in [0.3, 0.4) is 0 Å². The van der Waals surface area contributed by atoms with Crippen LogP contribution in [0.5, 0.6) is 11.5 Å². The number of hydrazine groups is 2. The van der Waals surface area contributed by atoms with E-state index in [9.17, 15) is 19.2 Å². The number of carbonyl (C=O) groups is 4. The first kappa shape index (κ1) is 27.2. The smallest absolute Gasteiger partial charge is 0.276 e. The van der Waals surface area contributed by atoms with Crippen LogP contribution in [0.25, 0.3) is 0 Å². The molecule has 0 unspecified atom stereocenters. The van der Waals surface area contributed by atoms with Gasteiger partial charge in [-0.15, -0.1) is 0 Å². The van der Waals surface area contributed by atoms with Crippen molar-refractivity contribution in [3.8, 4) is 11.5 Å². The van der Waals surface area contributed by atoms with Gasteiger partial charge in [0.1, 0.15) is 11.5 Å². The molecule has 0 radical (unpaired) electrons. The number of hydrogen-bond acceptors (Lipinski definition) is 6. The maximum Gasteiger partial charge on any atom is 0.276 e. The molecule has 2 rings (SSSR count). The number of ether oxygens (including phenoxy) is 2. The summed E-state index contributed by atoms with van der Waals surface area (Å²) in [4.78, 5) is 47.4. The topological polar surface area (TPSA) is 135 Å². The number of hydrogen-bond donors (Lipinski definition) is 4. The molecule has 2 aromatic rings. The number of amides is 4. The first-order valence-corrected chi connectivity index (χ1v) is 11.2. The molecule has 35 heavy (non-hydrogen) atoms. The third kappa shape index (κ3) is 10.2. The molecule has 4 N–H and O–H groups in total. The second kappa shape index (κ2) is 13.6. The number of carbonyl (C=O) groups excluding carboxylic acids is 4. The molecule has 0 fully saturated rings. The number of benzene rings is 2. The average molecular weight is 485 g/mol. The van der Waals surface area contributed by atoms with Gasteiger partial charge in [-0.3, -0.25) is 40.9 Å². The minimum Gasteiger partial charge on any atom is -0.483 e. The summed E-state index contributed by atoms with van der Waals surface area (Å²) in [6, 6.07) is 11.3. The SMILES string of the molecule is Cc1ccc(C)c(OCC(=O)NNC(=O)CCCC(=O)NNC(=O)COc2cc(C)ccc2C)c1. The predicted octanol–water partition coefficient (Wildman–Crippen LogP) is 1.84. The van der Waals surface area contributed by atoms with E-state index in [1.54, 1.807) is 0 Å². The summed E-state index contributed by atoms with van der Waals surface area (Å²) in [5.41, 5.74) is 12.9. The summed E-state index contributed by atoms with van der Waals surface area (Å²) in [6.45, 7) is 7.08. The lowest BCUT2D eigenvalue weighted by Crippen LogP contribution is -2.44. The molecule has 0 bridgehead atoms. The Morgan fingerprint density at radius 1 is 0.600 bits per heavy atom. The molecule has 0 atom stereocenters. The maximum absolute atomic E-state index is 11.9. The highest BCUT2D eigenvalue weighted by Crippen LogP contribution is 2.19. The zero-order valence-electron chi connectivity index (χ0n) is 20.4. The van der Waals surface area contributed by atoms with E-state index in [-0.39, 0.29) is 32.5 Å². The van der Waals surface area contributed by atoms with Crippen LogP contribution in [-0.4, -0.2) is 36.8 Å². The van der Waals surface area contributed by atoms with E-state index in [1.165, 1.54) is 0 Å². The first-order valence-electron chi connectivity index (χ1n) is 11.2. The minimum atomic E-state index is -0.511. The Morgan fingerprint density at radius 2 is 0.971 bits per heavy atom. The molecule has 0 saturated carbocycles. The van der Waals surface area contributed by atoms with Gasteiger partial charge in [0.15, 0.2) is 13.2 Å². The van der Waals surface area contributed by atoms with Crippen molar-refractivity contribution in [3.05, 3.63) is 58.7 Å². The Labute approximate surface area is 204 Å². The molecule has 0 aliphatic heterocycles. The molecule has 0 aromatic heterocycles. The highest BCUT2D eigenvalue weighted by Gasteiger charge is 2.10. The zero-order valence-corrected chi connectivity index (χ0v) is 20.4. The van der Waals surface area contributed by atoms with Gasteiger partial charge >= 0.3 is 0 Å². The van der Waals surface area contributed by atoms with Crippen molar-refractivity contribution in [1.29, 1.82) is 0 Å². The predicted molar refractivity (Wildman–Crippen MR) is 129 cm³/mol. The fourth-order valence-electron chi connectivity index (χ4n) is 2.90. The van der Waals surface area contributed by atoms with Gasteiger partial charge in [-0.2, -0.15) is 0 Å². The molecule has 0 aliphatic rings. The minimum absolute atomic E-state index is 0.00916. The average Bonchev–Trinajstić information content (AvgIpc) is 2.82. The maximum atomic E-state index is 11.9. The Kier molecular flexibility index (Phi) is 10.5. The Morgan fingerprint density at radius 3 is 1.37 bits per heavy atom. The van der Waals surface area contributed by atoms with Crippen molar-refractivity contribution in [2.45, 2.75) is 47.0 Å². The van der Waals surface area contributed by atoms with Crippen molar-refractivity contribution in [2.75, 3.05) is 13.2 Å². The second-order valence-electron chi connectivity index (χ2n) is 8.16. The third-order valence-corrected chi connectivity index (χ3v) is 4.90. The molecule has 4 amide bonds. The summed E-state index contributed by atoms with van der Waals surface area (Å²) < 4.78 is 10.9. The van der Waals surface area contributed by atoms with E-state index in [4.69, 9.17) is 9.47 Å². The van der Waals surface area contributed by atoms with Gasteiger partial charge in [-0.1, -0.05) is 24.3 Å². The quantitative estimate of drug-likeness (QED) is 0.380. The highest BCUT2D eigenvalue weighted by molar-refractivity contribution is 5.84. The van der Waals surface area contributed by atoms with Gasteiger partial charge in [0.25, 0.3) is 11.8 Å². The largest absolute Gasteiger partial charge is 0.483 e. The van der Waals surface area contributed by atoms with Crippen LogP contribution in [0, 0.1) is 27.7 Å². The fraction of sp³-hybridized carbons (Fsp3) is 0.360. The Bertz CT molecular complexity index is 986. The van der Waals surface area contributed by atoms with Crippen molar-refractivity contribution in [3.63, 3.8) is 0 Å². The van der Waals surface area contributed by atoms with Crippen LogP contribution in [0.15, 0.2) is 36.4 Å². The molecule has 0 spiro atoms. The van der Waals surface area contributed by atoms with Crippen LogP contribution >= 0.6 is 0 Å². The van der Waals surface area contributed by atoms with Crippen LogP contribution in [-0.2, 0) is 19.2 Å². The normalized spacial score (nSPS) is 10.2. The zero-order chi connectivity index (χ0) is 25.8. The Hall–Kier alpha value is -4.08. The lowest BCUT2D eigenvalue weighted by atomic mass is 10.1. The van der Waals surface area contributed by atoms with Gasteiger partial charge in [-0.05, 0) is 68.5 Å². The van der Waals surface area contributed by atoms with Gasteiger partial charge in [0.05, 0.1) is 0 Å². The van der Waals surface area contributed by atoms with E-state index in [0.717, 1.165) is 22.3 Å². The van der Waals surface area contributed by atoms with Crippen molar-refractivity contribution in [2.24, 2.45) is 0 Å². The van der Waals surface area contributed by atoms with Crippen molar-refractivity contribution >= 4 is 23.6 Å². The molecular weight excluding hydrogens is 452 g/mol. The number of rotatable bonds is 10. The van der Waals surface area contributed by atoms with Crippen LogP contribution in [0.1, 0.15) is 41.5 Å². The Balaban J connectivity index is 1.56. The van der Waals surface area contributed by atoms with E-state index in [0.29, 0.717) is 11.5 Å². The first-order chi connectivity index (χ1) is 16.6. The molecule has 0 heterocycles. The van der Waals surface area contributed by atoms with Gasteiger partial charge < -0.3 is 9.47 Å². The monoisotopic (exact) mass is 484 g/mol. The highest BCUT2D eigenvalue weighted by atomic mass is 16.5. The summed E-state index contributed by atoms with van der Waals surface area (Å²) in [6.07, 6.45) is 0.242. The molecule has 0 saturated heterocycles. The lowest BCUT2D eigenvalue weighted by molar-refractivity contribution is -0.131. The standard InChI is InChI=1S/C25H32N4O6/c1-16-8-10-18(3)20(12-16)34-14-24(32)28-26-22(30)6-5-7-23(31)27-29-25(33)15-35-21-13-17(2)9-11-19(21)4/h8-13H,5-7,14-15H2,1-4H3,(H,26,30)(H,27,31)(H,28,32)(H,29,33). The van der Waals surface area contributed by atoms with Crippen LogP contribution < -0.4 is 31.2 Å². The van der Waals surface area contributed by atoms with Gasteiger partial charge in [0.2, 0.25) is 11.8 Å². The number of aryl methyl sites for hydroxylation is 4. The van der Waals surface area contributed by atoms with E-state index >= 15 is 0 Å². The summed E-state index contributed by atoms with van der Waals surface area (Å²) in [5, 5.41) is 0. The van der Waals surface area contributed by atoms with Gasteiger partial charge in [0, 0.05) is 12.8 Å². The van der Waals surface area contributed by atoms with Crippen LogP contribution in [0.4, 0.5) is 0 Å². The number of nitrogens with one attached hydrogen (secondary N) is 4.